The van der Waals surface area contributed by atoms with E-state index in [2.05, 4.69) is 17.0 Å². The van der Waals surface area contributed by atoms with E-state index in [0.29, 0.717) is 5.92 Å². The third-order valence-corrected chi connectivity index (χ3v) is 6.93. The minimum Gasteiger partial charge on any atom is -0.477 e. The van der Waals surface area contributed by atoms with E-state index in [0.717, 1.165) is 42.6 Å². The molecule has 1 N–H and O–H groups in total. The summed E-state index contributed by atoms with van der Waals surface area (Å²) >= 11 is 1.55. The monoisotopic (exact) mass is 478 g/mol. The van der Waals surface area contributed by atoms with Crippen LogP contribution in [0.2, 0.25) is 0 Å². The first-order valence-corrected chi connectivity index (χ1v) is 12.6. The summed E-state index contributed by atoms with van der Waals surface area (Å²) in [5.41, 5.74) is 4.44. The molecule has 0 bridgehead atoms. The molecule has 1 aliphatic carbocycles. The standard InChI is InChI=1S/C26H30N4O3S/c1-17(2)30(25(31)20-9-4-18(3)5-10-20)24-23(26(32)33)14-29(28-24)22-12-7-19(8-13-22)6-11-21-15-34-16-27-21/h6-8,11-18,20H,4-5,9-10H2,1-3H3,(H,32,33)/b11-6+/t18-,20-. The molecule has 1 aliphatic rings. The van der Waals surface area contributed by atoms with Crippen molar-refractivity contribution in [3.63, 3.8) is 0 Å². The molecular weight excluding hydrogens is 448 g/mol. The third kappa shape index (κ3) is 5.28. The number of amides is 1. The highest BCUT2D eigenvalue weighted by atomic mass is 32.1. The summed E-state index contributed by atoms with van der Waals surface area (Å²) in [5.74, 6) is -0.380. The van der Waals surface area contributed by atoms with Gasteiger partial charge in [-0.15, -0.1) is 16.4 Å². The fraction of sp³-hybridized carbons (Fsp3) is 0.385. The van der Waals surface area contributed by atoms with Crippen molar-refractivity contribution in [3.05, 3.63) is 58.2 Å². The Labute approximate surface area is 203 Å². The quantitative estimate of drug-likeness (QED) is 0.466. The summed E-state index contributed by atoms with van der Waals surface area (Å²) < 4.78 is 1.54. The Morgan fingerprint density at radius 2 is 1.85 bits per heavy atom. The average molecular weight is 479 g/mol. The smallest absolute Gasteiger partial charge is 0.341 e. The molecule has 1 amide bonds. The van der Waals surface area contributed by atoms with Crippen molar-refractivity contribution < 1.29 is 14.7 Å². The zero-order chi connectivity index (χ0) is 24.2. The van der Waals surface area contributed by atoms with Crippen LogP contribution in [0.3, 0.4) is 0 Å². The first kappa shape index (κ1) is 23.9. The maximum absolute atomic E-state index is 13.5. The molecule has 7 nitrogen and oxygen atoms in total. The van der Waals surface area contributed by atoms with E-state index < -0.39 is 5.97 Å². The van der Waals surface area contributed by atoms with Crippen molar-refractivity contribution in [2.24, 2.45) is 11.8 Å². The van der Waals surface area contributed by atoms with Crippen LogP contribution >= 0.6 is 11.3 Å². The largest absolute Gasteiger partial charge is 0.477 e. The van der Waals surface area contributed by atoms with Crippen molar-refractivity contribution in [2.75, 3.05) is 4.90 Å². The number of hydrogen-bond donors (Lipinski definition) is 1. The molecule has 3 aromatic rings. The molecule has 0 atom stereocenters. The molecule has 178 valence electrons. The Morgan fingerprint density at radius 1 is 1.15 bits per heavy atom. The number of aromatic nitrogens is 3. The Kier molecular flexibility index (Phi) is 7.26. The Morgan fingerprint density at radius 3 is 2.44 bits per heavy atom. The predicted octanol–water partition coefficient (Wildman–Crippen LogP) is 5.77. The lowest BCUT2D eigenvalue weighted by atomic mass is 9.82. The van der Waals surface area contributed by atoms with Crippen molar-refractivity contribution in [1.82, 2.24) is 14.8 Å². The van der Waals surface area contributed by atoms with E-state index >= 15 is 0 Å². The number of hydrogen-bond acceptors (Lipinski definition) is 5. The predicted molar refractivity (Wildman–Crippen MR) is 135 cm³/mol. The second-order valence-corrected chi connectivity index (χ2v) is 9.93. The molecule has 0 saturated heterocycles. The van der Waals surface area contributed by atoms with Crippen LogP contribution in [0.5, 0.6) is 0 Å². The molecule has 0 aliphatic heterocycles. The molecule has 34 heavy (non-hydrogen) atoms. The molecule has 2 heterocycles. The van der Waals surface area contributed by atoms with E-state index in [1.165, 1.54) is 10.9 Å². The van der Waals surface area contributed by atoms with Gasteiger partial charge in [0.1, 0.15) is 5.56 Å². The highest BCUT2D eigenvalue weighted by Gasteiger charge is 2.34. The number of rotatable bonds is 7. The molecule has 8 heteroatoms. The number of carbonyl (C=O) groups excluding carboxylic acids is 1. The van der Waals surface area contributed by atoms with E-state index in [4.69, 9.17) is 0 Å². The summed E-state index contributed by atoms with van der Waals surface area (Å²) in [6.07, 6.45) is 9.11. The van der Waals surface area contributed by atoms with Crippen molar-refractivity contribution in [1.29, 1.82) is 0 Å². The van der Waals surface area contributed by atoms with Crippen LogP contribution in [0.25, 0.3) is 17.8 Å². The van der Waals surface area contributed by atoms with Gasteiger partial charge in [0.05, 0.1) is 16.9 Å². The molecule has 1 fully saturated rings. The van der Waals surface area contributed by atoms with Gasteiger partial charge in [-0.25, -0.2) is 14.5 Å². The highest BCUT2D eigenvalue weighted by Crippen LogP contribution is 2.32. The summed E-state index contributed by atoms with van der Waals surface area (Å²) in [6.45, 7) is 6.01. The summed E-state index contributed by atoms with van der Waals surface area (Å²) in [5, 5.41) is 16.4. The highest BCUT2D eigenvalue weighted by molar-refractivity contribution is 7.07. The van der Waals surface area contributed by atoms with Gasteiger partial charge in [-0.2, -0.15) is 0 Å². The fourth-order valence-corrected chi connectivity index (χ4v) is 4.88. The minimum atomic E-state index is -1.10. The Bertz CT molecular complexity index is 1160. The molecule has 4 rings (SSSR count). The molecule has 1 aromatic carbocycles. The summed E-state index contributed by atoms with van der Waals surface area (Å²) in [6, 6.07) is 7.44. The van der Waals surface area contributed by atoms with E-state index in [1.807, 2.05) is 55.6 Å². The van der Waals surface area contributed by atoms with Gasteiger partial charge < -0.3 is 5.11 Å². The van der Waals surface area contributed by atoms with Gasteiger partial charge in [-0.1, -0.05) is 25.1 Å². The maximum atomic E-state index is 13.5. The van der Waals surface area contributed by atoms with Crippen LogP contribution in [0.4, 0.5) is 5.82 Å². The lowest BCUT2D eigenvalue weighted by molar-refractivity contribution is -0.123. The number of anilines is 1. The number of benzene rings is 1. The van der Waals surface area contributed by atoms with Crippen LogP contribution in [-0.2, 0) is 4.79 Å². The number of carboxylic acids is 1. The summed E-state index contributed by atoms with van der Waals surface area (Å²) in [4.78, 5) is 31.3. The zero-order valence-electron chi connectivity index (χ0n) is 19.7. The van der Waals surface area contributed by atoms with Crippen molar-refractivity contribution >= 4 is 41.2 Å². The van der Waals surface area contributed by atoms with E-state index in [-0.39, 0.29) is 29.2 Å². The van der Waals surface area contributed by atoms with Gasteiger partial charge in [0.25, 0.3) is 0 Å². The first-order valence-electron chi connectivity index (χ1n) is 11.7. The average Bonchev–Trinajstić information content (AvgIpc) is 3.49. The number of thiazole rings is 1. The van der Waals surface area contributed by atoms with Crippen LogP contribution in [0.15, 0.2) is 41.4 Å². The fourth-order valence-electron chi connectivity index (χ4n) is 4.36. The van der Waals surface area contributed by atoms with Gasteiger partial charge >= 0.3 is 5.97 Å². The Balaban J connectivity index is 1.61. The zero-order valence-corrected chi connectivity index (χ0v) is 20.5. The van der Waals surface area contributed by atoms with Crippen LogP contribution in [-0.4, -0.2) is 37.8 Å². The molecule has 2 aromatic heterocycles. The number of aromatic carboxylic acids is 1. The minimum absolute atomic E-state index is 0.0266. The van der Waals surface area contributed by atoms with E-state index in [9.17, 15) is 14.7 Å². The van der Waals surface area contributed by atoms with Crippen LogP contribution in [0, 0.1) is 11.8 Å². The molecule has 0 radical (unpaired) electrons. The lowest BCUT2D eigenvalue weighted by Gasteiger charge is -2.32. The second kappa shape index (κ2) is 10.3. The third-order valence-electron chi connectivity index (χ3n) is 6.33. The molecule has 0 unspecified atom stereocenters. The van der Waals surface area contributed by atoms with E-state index in [1.54, 1.807) is 21.7 Å². The lowest BCUT2D eigenvalue weighted by Crippen LogP contribution is -2.43. The van der Waals surface area contributed by atoms with Gasteiger partial charge in [-0.3, -0.25) is 9.69 Å². The van der Waals surface area contributed by atoms with Gasteiger partial charge in [0, 0.05) is 23.5 Å². The Hall–Kier alpha value is -3.26. The van der Waals surface area contributed by atoms with Crippen LogP contribution in [0.1, 0.15) is 68.1 Å². The number of nitrogens with zero attached hydrogens (tertiary/aromatic N) is 4. The number of carbonyl (C=O) groups is 2. The summed E-state index contributed by atoms with van der Waals surface area (Å²) in [7, 11) is 0. The molecule has 0 spiro atoms. The van der Waals surface area contributed by atoms with Crippen molar-refractivity contribution in [3.8, 4) is 5.69 Å². The van der Waals surface area contributed by atoms with Gasteiger partial charge in [0.15, 0.2) is 5.82 Å². The van der Waals surface area contributed by atoms with Crippen LogP contribution < -0.4 is 4.90 Å². The maximum Gasteiger partial charge on any atom is 0.341 e. The van der Waals surface area contributed by atoms with Gasteiger partial charge in [-0.05, 0) is 69.2 Å². The SMILES string of the molecule is CC(C)N(c1nn(-c2ccc(/C=C/c3cscn3)cc2)cc1C(=O)O)C(=O)[C@H]1CC[C@H](C)CC1. The molecular formula is C26H30N4O3S. The topological polar surface area (TPSA) is 88.3 Å². The molecule has 1 saturated carbocycles. The number of carboxylic acid groups (broad SMARTS) is 1. The second-order valence-electron chi connectivity index (χ2n) is 9.21. The first-order chi connectivity index (χ1) is 16.3. The van der Waals surface area contributed by atoms with Crippen molar-refractivity contribution in [2.45, 2.75) is 52.5 Å². The van der Waals surface area contributed by atoms with Gasteiger partial charge in [0.2, 0.25) is 5.91 Å². The normalized spacial score (nSPS) is 18.5.